The number of pyridine rings is 1. The summed E-state index contributed by atoms with van der Waals surface area (Å²) in [5.74, 6) is -0.670. The standard InChI is InChI=1S/C20H17FN2O2/c21-17-8-4-7-15(11-17)18-10-9-16(12-22-18)20(25)23-19(13-24)14-5-2-1-3-6-14/h1-12,19,24H,13H2,(H,23,25). The van der Waals surface area contributed by atoms with Gasteiger partial charge in [0.1, 0.15) is 5.82 Å². The van der Waals surface area contributed by atoms with Crippen LogP contribution < -0.4 is 5.32 Å². The SMILES string of the molecule is O=C(NC(CO)c1ccccc1)c1ccc(-c2cccc(F)c2)nc1. The van der Waals surface area contributed by atoms with Crippen molar-refractivity contribution in [2.24, 2.45) is 0 Å². The molecule has 2 aromatic carbocycles. The lowest BCUT2D eigenvalue weighted by Crippen LogP contribution is -2.30. The molecule has 0 radical (unpaired) electrons. The van der Waals surface area contributed by atoms with E-state index in [0.29, 0.717) is 16.8 Å². The lowest BCUT2D eigenvalue weighted by molar-refractivity contribution is 0.0916. The van der Waals surface area contributed by atoms with Crippen LogP contribution in [0.15, 0.2) is 72.9 Å². The second-order valence-electron chi connectivity index (χ2n) is 5.56. The number of rotatable bonds is 5. The van der Waals surface area contributed by atoms with E-state index in [1.807, 2.05) is 30.3 Å². The first-order chi connectivity index (χ1) is 12.2. The Bertz CT molecular complexity index is 851. The van der Waals surface area contributed by atoms with Crippen molar-refractivity contribution >= 4 is 5.91 Å². The van der Waals surface area contributed by atoms with Crippen molar-refractivity contribution in [3.8, 4) is 11.3 Å². The number of aliphatic hydroxyl groups excluding tert-OH is 1. The Morgan fingerprint density at radius 1 is 1.08 bits per heavy atom. The average molecular weight is 336 g/mol. The first-order valence-electron chi connectivity index (χ1n) is 7.86. The van der Waals surface area contributed by atoms with E-state index in [9.17, 15) is 14.3 Å². The van der Waals surface area contributed by atoms with Gasteiger partial charge in [0.15, 0.2) is 0 Å². The third kappa shape index (κ3) is 4.08. The van der Waals surface area contributed by atoms with E-state index in [0.717, 1.165) is 5.56 Å². The van der Waals surface area contributed by atoms with E-state index in [2.05, 4.69) is 10.3 Å². The number of carbonyl (C=O) groups is 1. The summed E-state index contributed by atoms with van der Waals surface area (Å²) in [5, 5.41) is 12.3. The maximum Gasteiger partial charge on any atom is 0.253 e. The van der Waals surface area contributed by atoms with Gasteiger partial charge in [-0.3, -0.25) is 9.78 Å². The van der Waals surface area contributed by atoms with Gasteiger partial charge < -0.3 is 10.4 Å². The second kappa shape index (κ2) is 7.68. The summed E-state index contributed by atoms with van der Waals surface area (Å²) in [7, 11) is 0. The Balaban J connectivity index is 1.74. The number of hydrogen-bond acceptors (Lipinski definition) is 3. The summed E-state index contributed by atoms with van der Waals surface area (Å²) in [5.41, 5.74) is 2.42. The molecule has 0 fully saturated rings. The van der Waals surface area contributed by atoms with E-state index >= 15 is 0 Å². The van der Waals surface area contributed by atoms with E-state index < -0.39 is 6.04 Å². The molecule has 0 aliphatic carbocycles. The van der Waals surface area contributed by atoms with Gasteiger partial charge in [0.25, 0.3) is 5.91 Å². The molecule has 1 heterocycles. The highest BCUT2D eigenvalue weighted by molar-refractivity contribution is 5.94. The molecular formula is C20H17FN2O2. The van der Waals surface area contributed by atoms with Crippen LogP contribution in [0, 0.1) is 5.82 Å². The number of halogens is 1. The lowest BCUT2D eigenvalue weighted by Gasteiger charge is -2.16. The molecule has 0 aliphatic heterocycles. The highest BCUT2D eigenvalue weighted by atomic mass is 19.1. The molecule has 2 N–H and O–H groups in total. The molecule has 5 heteroatoms. The number of aromatic nitrogens is 1. The first kappa shape index (κ1) is 16.8. The lowest BCUT2D eigenvalue weighted by atomic mass is 10.1. The van der Waals surface area contributed by atoms with Crippen molar-refractivity contribution in [1.29, 1.82) is 0 Å². The highest BCUT2D eigenvalue weighted by Crippen LogP contribution is 2.18. The predicted octanol–water partition coefficient (Wildman–Crippen LogP) is 3.35. The smallest absolute Gasteiger partial charge is 0.253 e. The van der Waals surface area contributed by atoms with Gasteiger partial charge in [-0.15, -0.1) is 0 Å². The van der Waals surface area contributed by atoms with Crippen LogP contribution in [0.4, 0.5) is 4.39 Å². The van der Waals surface area contributed by atoms with Crippen LogP contribution in [0.1, 0.15) is 22.0 Å². The van der Waals surface area contributed by atoms with Crippen LogP contribution in [-0.4, -0.2) is 22.6 Å². The Morgan fingerprint density at radius 2 is 1.88 bits per heavy atom. The van der Waals surface area contributed by atoms with Crippen LogP contribution >= 0.6 is 0 Å². The van der Waals surface area contributed by atoms with Gasteiger partial charge in [-0.05, 0) is 29.8 Å². The van der Waals surface area contributed by atoms with Crippen LogP contribution in [-0.2, 0) is 0 Å². The van der Waals surface area contributed by atoms with Gasteiger partial charge in [0.05, 0.1) is 23.9 Å². The topological polar surface area (TPSA) is 62.2 Å². The van der Waals surface area contributed by atoms with Gasteiger partial charge in [0, 0.05) is 11.8 Å². The molecule has 0 saturated carbocycles. The number of benzene rings is 2. The zero-order chi connectivity index (χ0) is 17.6. The number of nitrogens with zero attached hydrogens (tertiary/aromatic N) is 1. The zero-order valence-corrected chi connectivity index (χ0v) is 13.4. The van der Waals surface area contributed by atoms with Crippen LogP contribution in [0.25, 0.3) is 11.3 Å². The molecule has 0 spiro atoms. The molecule has 3 aromatic rings. The summed E-state index contributed by atoms with van der Waals surface area (Å²) in [6, 6.07) is 18.2. The minimum absolute atomic E-state index is 0.204. The van der Waals surface area contributed by atoms with Crippen molar-refractivity contribution in [2.45, 2.75) is 6.04 Å². The van der Waals surface area contributed by atoms with Crippen molar-refractivity contribution in [2.75, 3.05) is 6.61 Å². The molecule has 1 unspecified atom stereocenters. The predicted molar refractivity (Wildman–Crippen MR) is 93.4 cm³/mol. The van der Waals surface area contributed by atoms with Gasteiger partial charge in [-0.25, -0.2) is 4.39 Å². The largest absolute Gasteiger partial charge is 0.394 e. The van der Waals surface area contributed by atoms with Crippen molar-refractivity contribution in [1.82, 2.24) is 10.3 Å². The minimum atomic E-state index is -0.489. The first-order valence-corrected chi connectivity index (χ1v) is 7.86. The summed E-state index contributed by atoms with van der Waals surface area (Å²) < 4.78 is 13.3. The van der Waals surface area contributed by atoms with Gasteiger partial charge in [0.2, 0.25) is 0 Å². The van der Waals surface area contributed by atoms with E-state index in [1.165, 1.54) is 18.3 Å². The van der Waals surface area contributed by atoms with Crippen molar-refractivity contribution in [3.63, 3.8) is 0 Å². The molecule has 1 amide bonds. The third-order valence-electron chi connectivity index (χ3n) is 3.84. The van der Waals surface area contributed by atoms with Gasteiger partial charge >= 0.3 is 0 Å². The Labute approximate surface area is 145 Å². The second-order valence-corrected chi connectivity index (χ2v) is 5.56. The number of amides is 1. The fourth-order valence-electron chi connectivity index (χ4n) is 2.51. The summed E-state index contributed by atoms with van der Waals surface area (Å²) >= 11 is 0. The molecule has 1 atom stereocenters. The van der Waals surface area contributed by atoms with Crippen LogP contribution in [0.3, 0.4) is 0 Å². The van der Waals surface area contributed by atoms with E-state index in [4.69, 9.17) is 0 Å². The average Bonchev–Trinajstić information content (AvgIpc) is 2.67. The molecule has 0 bridgehead atoms. The maximum atomic E-state index is 13.3. The molecule has 25 heavy (non-hydrogen) atoms. The number of hydrogen-bond donors (Lipinski definition) is 2. The van der Waals surface area contributed by atoms with Gasteiger partial charge in [-0.2, -0.15) is 0 Å². The summed E-state index contributed by atoms with van der Waals surface area (Å²) in [4.78, 5) is 16.6. The molecule has 0 saturated heterocycles. The summed E-state index contributed by atoms with van der Waals surface area (Å²) in [6.07, 6.45) is 1.44. The fourth-order valence-corrected chi connectivity index (χ4v) is 2.51. The number of nitrogens with one attached hydrogen (secondary N) is 1. The molecule has 0 aliphatic rings. The van der Waals surface area contributed by atoms with Crippen LogP contribution in [0.5, 0.6) is 0 Å². The van der Waals surface area contributed by atoms with Gasteiger partial charge in [-0.1, -0.05) is 42.5 Å². The van der Waals surface area contributed by atoms with Crippen LogP contribution in [0.2, 0.25) is 0 Å². The Morgan fingerprint density at radius 3 is 2.52 bits per heavy atom. The molecule has 4 nitrogen and oxygen atoms in total. The Hall–Kier alpha value is -3.05. The van der Waals surface area contributed by atoms with E-state index in [-0.39, 0.29) is 18.3 Å². The number of aliphatic hydroxyl groups is 1. The van der Waals surface area contributed by atoms with Crippen molar-refractivity contribution < 1.29 is 14.3 Å². The quantitative estimate of drug-likeness (QED) is 0.751. The third-order valence-corrected chi connectivity index (χ3v) is 3.84. The molecule has 126 valence electrons. The highest BCUT2D eigenvalue weighted by Gasteiger charge is 2.15. The Kier molecular flexibility index (Phi) is 5.16. The molecular weight excluding hydrogens is 319 g/mol. The zero-order valence-electron chi connectivity index (χ0n) is 13.4. The monoisotopic (exact) mass is 336 g/mol. The minimum Gasteiger partial charge on any atom is -0.394 e. The normalized spacial score (nSPS) is 11.8. The van der Waals surface area contributed by atoms with E-state index in [1.54, 1.807) is 24.3 Å². The summed E-state index contributed by atoms with van der Waals surface area (Å²) in [6.45, 7) is -0.204. The maximum absolute atomic E-state index is 13.3. The molecule has 1 aromatic heterocycles. The number of carbonyl (C=O) groups excluding carboxylic acids is 1. The molecule has 3 rings (SSSR count). The van der Waals surface area contributed by atoms with Crippen molar-refractivity contribution in [3.05, 3.63) is 89.9 Å². The fraction of sp³-hybridized carbons (Fsp3) is 0.100.